The quantitative estimate of drug-likeness (QED) is 0.636. The van der Waals surface area contributed by atoms with E-state index in [0.29, 0.717) is 32.7 Å². The van der Waals surface area contributed by atoms with Gasteiger partial charge in [0.15, 0.2) is 5.78 Å². The van der Waals surface area contributed by atoms with E-state index in [-0.39, 0.29) is 17.1 Å². The fourth-order valence-electron chi connectivity index (χ4n) is 5.22. The molecule has 1 fully saturated rings. The van der Waals surface area contributed by atoms with Crippen LogP contribution in [-0.2, 0) is 18.4 Å². The zero-order valence-corrected chi connectivity index (χ0v) is 20.2. The number of thiophene rings is 1. The third-order valence-electron chi connectivity index (χ3n) is 7.08. The highest BCUT2D eigenvalue weighted by Gasteiger charge is 2.44. The van der Waals surface area contributed by atoms with Gasteiger partial charge in [-0.1, -0.05) is 19.1 Å². The molecule has 2 aliphatic heterocycles. The Morgan fingerprint density at radius 2 is 2.09 bits per heavy atom. The summed E-state index contributed by atoms with van der Waals surface area (Å²) in [4.78, 5) is 29.0. The molecular weight excluding hydrogens is 440 g/mol. The van der Waals surface area contributed by atoms with Gasteiger partial charge in [-0.25, -0.2) is 0 Å². The lowest BCUT2D eigenvalue weighted by Gasteiger charge is -2.38. The van der Waals surface area contributed by atoms with Gasteiger partial charge >= 0.3 is 0 Å². The summed E-state index contributed by atoms with van der Waals surface area (Å²) in [6.45, 7) is 4.78. The molecule has 1 aromatic carbocycles. The molecule has 1 spiro atoms. The maximum atomic E-state index is 13.6. The van der Waals surface area contributed by atoms with Crippen molar-refractivity contribution in [1.29, 1.82) is 0 Å². The van der Waals surface area contributed by atoms with Crippen molar-refractivity contribution in [3.63, 3.8) is 0 Å². The molecule has 0 radical (unpaired) electrons. The van der Waals surface area contributed by atoms with Gasteiger partial charge in [0, 0.05) is 42.6 Å². The number of piperidine rings is 1. The summed E-state index contributed by atoms with van der Waals surface area (Å²) < 4.78 is 7.07. The summed E-state index contributed by atoms with van der Waals surface area (Å²) in [5.41, 5.74) is 10.1. The van der Waals surface area contributed by atoms with Crippen LogP contribution in [0.5, 0.6) is 5.75 Å². The van der Waals surface area contributed by atoms with E-state index in [4.69, 9.17) is 10.5 Å². The minimum absolute atomic E-state index is 0.0235. The number of carbonyl (C=O) groups excluding carboxylic acids is 2. The summed E-state index contributed by atoms with van der Waals surface area (Å²) in [6.07, 6.45) is 5.13. The number of likely N-dealkylation sites (tertiary alicyclic amines) is 1. The molecular formula is C25H30N2O3S2. The normalized spacial score (nSPS) is 19.1. The van der Waals surface area contributed by atoms with E-state index in [1.54, 1.807) is 23.1 Å². The van der Waals surface area contributed by atoms with Crippen LogP contribution in [0.2, 0.25) is 0 Å². The van der Waals surface area contributed by atoms with E-state index in [0.717, 1.165) is 69.4 Å². The maximum Gasteiger partial charge on any atom is 0.264 e. The molecule has 1 aliphatic carbocycles. The van der Waals surface area contributed by atoms with Crippen molar-refractivity contribution >= 4 is 34.8 Å². The van der Waals surface area contributed by atoms with Crippen molar-refractivity contribution in [3.05, 3.63) is 45.3 Å². The second-order valence-electron chi connectivity index (χ2n) is 9.09. The number of Topliss-reactive ketones (excluding diaryl/α,β-unsaturated/α-hetero) is 1. The first-order chi connectivity index (χ1) is 15.6. The molecule has 7 heteroatoms. The Labute approximate surface area is 197 Å². The third kappa shape index (κ3) is 3.68. The van der Waals surface area contributed by atoms with Gasteiger partial charge in [-0.3, -0.25) is 9.59 Å². The third-order valence-corrected chi connectivity index (χ3v) is 9.78. The molecule has 3 aliphatic rings. The van der Waals surface area contributed by atoms with Crippen molar-refractivity contribution in [2.75, 3.05) is 25.4 Å². The lowest BCUT2D eigenvalue weighted by molar-refractivity contribution is 0.0650. The molecule has 0 unspecified atom stereocenters. The highest BCUT2D eigenvalue weighted by atomic mass is 32.2. The first-order valence-electron chi connectivity index (χ1n) is 11.6. The highest BCUT2D eigenvalue weighted by Crippen LogP contribution is 2.47. The summed E-state index contributed by atoms with van der Waals surface area (Å²) in [6, 6.07) is 6.26. The fraction of sp³-hybridized carbons (Fsp3) is 0.520. The van der Waals surface area contributed by atoms with Gasteiger partial charge in [0.25, 0.3) is 5.91 Å². The molecule has 3 heterocycles. The van der Waals surface area contributed by atoms with Gasteiger partial charge in [0.1, 0.15) is 5.75 Å². The topological polar surface area (TPSA) is 72.6 Å². The van der Waals surface area contributed by atoms with Crippen LogP contribution in [0, 0.1) is 0 Å². The van der Waals surface area contributed by atoms with Crippen molar-refractivity contribution in [3.8, 4) is 5.75 Å². The van der Waals surface area contributed by atoms with E-state index in [1.807, 2.05) is 17.0 Å². The molecule has 5 nitrogen and oxygen atoms in total. The Kier molecular flexibility index (Phi) is 6.07. The number of nitrogens with two attached hydrogens (primary N) is 1. The summed E-state index contributed by atoms with van der Waals surface area (Å²) in [5.74, 6) is 2.26. The molecule has 5 rings (SSSR count). The average molecular weight is 471 g/mol. The predicted octanol–water partition coefficient (Wildman–Crippen LogP) is 4.79. The first-order valence-corrected chi connectivity index (χ1v) is 13.4. The second-order valence-corrected chi connectivity index (χ2v) is 11.5. The van der Waals surface area contributed by atoms with Gasteiger partial charge in [0.2, 0.25) is 0 Å². The van der Waals surface area contributed by atoms with Gasteiger partial charge in [-0.2, -0.15) is 0 Å². The number of hydrogen-bond donors (Lipinski definition) is 1. The largest absolute Gasteiger partial charge is 0.492 e. The number of benzene rings is 1. The van der Waals surface area contributed by atoms with E-state index in [2.05, 4.69) is 13.0 Å². The van der Waals surface area contributed by atoms with Gasteiger partial charge < -0.3 is 15.4 Å². The van der Waals surface area contributed by atoms with Crippen LogP contribution >= 0.6 is 23.1 Å². The number of thioether (sulfide) groups is 1. The van der Waals surface area contributed by atoms with E-state index >= 15 is 0 Å². The Morgan fingerprint density at radius 1 is 1.28 bits per heavy atom. The van der Waals surface area contributed by atoms with Crippen LogP contribution in [0.3, 0.4) is 0 Å². The number of carbonyl (C=O) groups is 2. The predicted molar refractivity (Wildman–Crippen MR) is 129 cm³/mol. The number of amides is 1. The number of nitrogens with zero attached hydrogens (tertiary/aromatic N) is 1. The zero-order valence-electron chi connectivity index (χ0n) is 18.6. The van der Waals surface area contributed by atoms with Crippen LogP contribution in [0.1, 0.15) is 75.7 Å². The van der Waals surface area contributed by atoms with Crippen LogP contribution < -0.4 is 10.5 Å². The summed E-state index contributed by atoms with van der Waals surface area (Å²) >= 11 is 3.29. The number of ether oxygens (including phenoxy) is 1. The van der Waals surface area contributed by atoms with E-state index in [1.165, 1.54) is 5.56 Å². The van der Waals surface area contributed by atoms with Crippen molar-refractivity contribution in [1.82, 2.24) is 4.90 Å². The van der Waals surface area contributed by atoms with Crippen molar-refractivity contribution in [2.45, 2.75) is 61.6 Å². The standard InChI is InChI=1S/C25H30N2O3S2/c1-2-12-31-24-21-17(4-3-5-19(21)28)22(32-24)23(29)27-10-8-25(9-11-27)15-30-20-7-6-16(14-26)13-18(20)25/h6-7,13H,2-5,8-12,14-15,26H2,1H3. The Bertz CT molecular complexity index is 1050. The lowest BCUT2D eigenvalue weighted by atomic mass is 9.74. The van der Waals surface area contributed by atoms with Crippen LogP contribution in [0.4, 0.5) is 0 Å². The maximum absolute atomic E-state index is 13.6. The minimum atomic E-state index is -0.0235. The van der Waals surface area contributed by atoms with Gasteiger partial charge in [-0.05, 0) is 55.1 Å². The second kappa shape index (κ2) is 8.84. The van der Waals surface area contributed by atoms with Crippen molar-refractivity contribution in [2.24, 2.45) is 5.73 Å². The zero-order chi connectivity index (χ0) is 22.3. The SMILES string of the molecule is CCCSc1sc(C(=O)N2CCC3(CC2)COc2ccc(CN)cc23)c2c1C(=O)CCC2. The number of hydrogen-bond acceptors (Lipinski definition) is 6. The van der Waals surface area contributed by atoms with E-state index in [9.17, 15) is 9.59 Å². The summed E-state index contributed by atoms with van der Waals surface area (Å²) in [7, 11) is 0. The van der Waals surface area contributed by atoms with Gasteiger partial charge in [0.05, 0.1) is 15.7 Å². The Hall–Kier alpha value is -1.83. The van der Waals surface area contributed by atoms with Crippen LogP contribution in [0.25, 0.3) is 0 Å². The Balaban J connectivity index is 1.37. The van der Waals surface area contributed by atoms with E-state index < -0.39 is 0 Å². The Morgan fingerprint density at radius 3 is 2.84 bits per heavy atom. The molecule has 0 saturated carbocycles. The number of rotatable bonds is 5. The smallest absolute Gasteiger partial charge is 0.264 e. The van der Waals surface area contributed by atoms with Crippen LogP contribution in [-0.4, -0.2) is 42.0 Å². The minimum Gasteiger partial charge on any atom is -0.492 e. The molecule has 1 saturated heterocycles. The van der Waals surface area contributed by atoms with Crippen molar-refractivity contribution < 1.29 is 14.3 Å². The van der Waals surface area contributed by atoms with Gasteiger partial charge in [-0.15, -0.1) is 23.1 Å². The monoisotopic (exact) mass is 470 g/mol. The molecule has 1 amide bonds. The molecule has 0 atom stereocenters. The molecule has 0 bridgehead atoms. The molecule has 1 aromatic heterocycles. The molecule has 2 N–H and O–H groups in total. The summed E-state index contributed by atoms with van der Waals surface area (Å²) in [5, 5.41) is 0. The molecule has 170 valence electrons. The molecule has 2 aromatic rings. The average Bonchev–Trinajstić information content (AvgIpc) is 3.37. The lowest BCUT2D eigenvalue weighted by Crippen LogP contribution is -2.46. The number of fused-ring (bicyclic) bond motifs is 3. The first kappa shape index (κ1) is 22.0. The highest BCUT2D eigenvalue weighted by molar-refractivity contribution is 8.01. The molecule has 32 heavy (non-hydrogen) atoms. The fourth-order valence-corrected chi connectivity index (χ4v) is 7.79. The number of ketones is 1. The van der Waals surface area contributed by atoms with Crippen LogP contribution in [0.15, 0.2) is 22.4 Å².